The van der Waals surface area contributed by atoms with Crippen LogP contribution in [0.2, 0.25) is 0 Å². The molecule has 3 heteroatoms. The van der Waals surface area contributed by atoms with Crippen molar-refractivity contribution in [2.45, 2.75) is 13.3 Å². The van der Waals surface area contributed by atoms with Crippen LogP contribution in [0.1, 0.15) is 13.3 Å². The van der Waals surface area contributed by atoms with E-state index in [0.717, 1.165) is 0 Å². The number of carbonyl (C=O) groups is 1. The van der Waals surface area contributed by atoms with E-state index in [1.54, 1.807) is 11.8 Å². The van der Waals surface area contributed by atoms with Crippen LogP contribution in [0.3, 0.4) is 0 Å². The highest BCUT2D eigenvalue weighted by Crippen LogP contribution is 1.84. The zero-order chi connectivity index (χ0) is 7.28. The summed E-state index contributed by atoms with van der Waals surface area (Å²) in [6.07, 6.45) is 0.452. The van der Waals surface area contributed by atoms with Gasteiger partial charge in [-0.25, -0.2) is 0 Å². The molecule has 0 aromatic rings. The minimum atomic E-state index is -0.149. The Hall–Kier alpha value is -0.570. The van der Waals surface area contributed by atoms with Crippen LogP contribution >= 0.6 is 0 Å². The average Bonchev–Trinajstić information content (AvgIpc) is 1.83. The number of ether oxygens (including phenoxy) is 1. The van der Waals surface area contributed by atoms with Gasteiger partial charge < -0.3 is 4.74 Å². The zero-order valence-corrected chi connectivity index (χ0v) is 6.18. The van der Waals surface area contributed by atoms with Gasteiger partial charge >= 0.3 is 5.97 Å². The smallest absolute Gasteiger partial charge is 0.306 e. The molecule has 0 N–H and O–H groups in total. The molecular weight excluding hydrogens is 118 g/mol. The van der Waals surface area contributed by atoms with Gasteiger partial charge in [0.25, 0.3) is 0 Å². The molecule has 0 aromatic heterocycles. The molecule has 54 valence electrons. The number of esters is 1. The van der Waals surface area contributed by atoms with Crippen LogP contribution in [0, 0.1) is 0 Å². The van der Waals surface area contributed by atoms with Crippen molar-refractivity contribution in [1.82, 2.24) is 4.90 Å². The summed E-state index contributed by atoms with van der Waals surface area (Å²) in [5, 5.41) is 0. The Morgan fingerprint density at radius 1 is 1.56 bits per heavy atom. The number of rotatable bonds is 3. The van der Waals surface area contributed by atoms with Crippen molar-refractivity contribution in [1.29, 1.82) is 0 Å². The molecule has 0 radical (unpaired) electrons. The number of nitrogens with zero attached hydrogens (tertiary/aromatic N) is 1. The standard InChI is InChI=1S/C6H13NO2/c1-4-6(8)9-5-7(2)3/h4-5H2,1-3H3. The minimum Gasteiger partial charge on any atom is -0.450 e. The van der Waals surface area contributed by atoms with E-state index in [1.807, 2.05) is 14.1 Å². The molecule has 0 aromatic carbocycles. The van der Waals surface area contributed by atoms with Crippen LogP contribution in [-0.4, -0.2) is 31.7 Å². The molecule has 3 nitrogen and oxygen atoms in total. The van der Waals surface area contributed by atoms with Gasteiger partial charge in [0.1, 0.15) is 6.73 Å². The van der Waals surface area contributed by atoms with Gasteiger partial charge in [0.15, 0.2) is 0 Å². The highest BCUT2D eigenvalue weighted by atomic mass is 16.5. The van der Waals surface area contributed by atoms with E-state index >= 15 is 0 Å². The van der Waals surface area contributed by atoms with Gasteiger partial charge in [-0.3, -0.25) is 9.69 Å². The SMILES string of the molecule is CCC(=O)OCN(C)C. The summed E-state index contributed by atoms with van der Waals surface area (Å²) in [6, 6.07) is 0. The normalized spacial score (nSPS) is 9.78. The van der Waals surface area contributed by atoms with Crippen molar-refractivity contribution in [2.75, 3.05) is 20.8 Å². The summed E-state index contributed by atoms with van der Waals surface area (Å²) in [5.74, 6) is -0.149. The molecule has 0 saturated heterocycles. The first-order chi connectivity index (χ1) is 4.16. The Kier molecular flexibility index (Phi) is 4.05. The van der Waals surface area contributed by atoms with E-state index in [-0.39, 0.29) is 5.97 Å². The van der Waals surface area contributed by atoms with Crippen LogP contribution in [0.4, 0.5) is 0 Å². The van der Waals surface area contributed by atoms with Crippen LogP contribution in [0.15, 0.2) is 0 Å². The van der Waals surface area contributed by atoms with Gasteiger partial charge in [-0.1, -0.05) is 6.92 Å². The van der Waals surface area contributed by atoms with E-state index in [4.69, 9.17) is 4.74 Å². The summed E-state index contributed by atoms with van der Waals surface area (Å²) in [4.78, 5) is 12.3. The first-order valence-corrected chi connectivity index (χ1v) is 2.97. The van der Waals surface area contributed by atoms with E-state index in [1.165, 1.54) is 0 Å². The van der Waals surface area contributed by atoms with Crippen molar-refractivity contribution in [3.8, 4) is 0 Å². The topological polar surface area (TPSA) is 29.5 Å². The van der Waals surface area contributed by atoms with Crippen molar-refractivity contribution < 1.29 is 9.53 Å². The molecule has 0 unspecified atom stereocenters. The third-order valence-corrected chi connectivity index (χ3v) is 0.772. The Bertz CT molecular complexity index is 91.1. The molecule has 0 spiro atoms. The van der Waals surface area contributed by atoms with Crippen LogP contribution in [0.5, 0.6) is 0 Å². The van der Waals surface area contributed by atoms with E-state index in [2.05, 4.69) is 0 Å². The Labute approximate surface area is 55.6 Å². The van der Waals surface area contributed by atoms with Crippen LogP contribution in [0.25, 0.3) is 0 Å². The summed E-state index contributed by atoms with van der Waals surface area (Å²) in [7, 11) is 3.70. The molecule has 0 saturated carbocycles. The number of hydrogen-bond acceptors (Lipinski definition) is 3. The highest BCUT2D eigenvalue weighted by molar-refractivity contribution is 5.68. The van der Waals surface area contributed by atoms with Crippen molar-refractivity contribution in [3.63, 3.8) is 0 Å². The third kappa shape index (κ3) is 5.30. The second-order valence-electron chi connectivity index (χ2n) is 2.08. The quantitative estimate of drug-likeness (QED) is 0.411. The summed E-state index contributed by atoms with van der Waals surface area (Å²) < 4.78 is 4.74. The maximum Gasteiger partial charge on any atom is 0.306 e. The lowest BCUT2D eigenvalue weighted by Crippen LogP contribution is -2.18. The molecule has 9 heavy (non-hydrogen) atoms. The third-order valence-electron chi connectivity index (χ3n) is 0.772. The van der Waals surface area contributed by atoms with Crippen molar-refractivity contribution in [3.05, 3.63) is 0 Å². The molecular formula is C6H13NO2. The van der Waals surface area contributed by atoms with Gasteiger partial charge in [-0.2, -0.15) is 0 Å². The summed E-state index contributed by atoms with van der Waals surface area (Å²) in [5.41, 5.74) is 0. The average molecular weight is 131 g/mol. The number of hydrogen-bond donors (Lipinski definition) is 0. The fourth-order valence-corrected chi connectivity index (χ4v) is 0.303. The summed E-state index contributed by atoms with van der Waals surface area (Å²) >= 11 is 0. The molecule has 0 amide bonds. The van der Waals surface area contributed by atoms with Crippen molar-refractivity contribution in [2.24, 2.45) is 0 Å². The van der Waals surface area contributed by atoms with Gasteiger partial charge in [-0.05, 0) is 14.1 Å². The minimum absolute atomic E-state index is 0.149. The fourth-order valence-electron chi connectivity index (χ4n) is 0.303. The molecule has 0 aliphatic carbocycles. The maximum atomic E-state index is 10.5. The second kappa shape index (κ2) is 4.32. The number of carbonyl (C=O) groups excluding carboxylic acids is 1. The summed E-state index contributed by atoms with van der Waals surface area (Å²) in [6.45, 7) is 2.16. The first kappa shape index (κ1) is 8.43. The Morgan fingerprint density at radius 2 is 2.11 bits per heavy atom. The van der Waals surface area contributed by atoms with Crippen LogP contribution in [-0.2, 0) is 9.53 Å². The van der Waals surface area contributed by atoms with Crippen molar-refractivity contribution >= 4 is 5.97 Å². The van der Waals surface area contributed by atoms with Gasteiger partial charge in [0.2, 0.25) is 0 Å². The van der Waals surface area contributed by atoms with Gasteiger partial charge in [0, 0.05) is 6.42 Å². The predicted molar refractivity (Wildman–Crippen MR) is 34.9 cm³/mol. The van der Waals surface area contributed by atoms with E-state index < -0.39 is 0 Å². The molecule has 0 bridgehead atoms. The van der Waals surface area contributed by atoms with E-state index in [9.17, 15) is 4.79 Å². The van der Waals surface area contributed by atoms with E-state index in [0.29, 0.717) is 13.2 Å². The molecule has 0 aliphatic rings. The Balaban J connectivity index is 3.17. The van der Waals surface area contributed by atoms with Gasteiger partial charge in [-0.15, -0.1) is 0 Å². The maximum absolute atomic E-state index is 10.5. The molecule has 0 rings (SSSR count). The molecule has 0 atom stereocenters. The fraction of sp³-hybridized carbons (Fsp3) is 0.833. The first-order valence-electron chi connectivity index (χ1n) is 2.97. The molecule has 0 heterocycles. The van der Waals surface area contributed by atoms with Gasteiger partial charge in [0.05, 0.1) is 0 Å². The highest BCUT2D eigenvalue weighted by Gasteiger charge is 1.96. The largest absolute Gasteiger partial charge is 0.450 e. The molecule has 0 fully saturated rings. The zero-order valence-electron chi connectivity index (χ0n) is 6.18. The lowest BCUT2D eigenvalue weighted by molar-refractivity contribution is -0.146. The molecule has 0 aliphatic heterocycles. The lowest BCUT2D eigenvalue weighted by atomic mass is 10.5. The van der Waals surface area contributed by atoms with Crippen LogP contribution < -0.4 is 0 Å². The Morgan fingerprint density at radius 3 is 2.44 bits per heavy atom. The predicted octanol–water partition coefficient (Wildman–Crippen LogP) is 0.459. The monoisotopic (exact) mass is 131 g/mol. The lowest BCUT2D eigenvalue weighted by Gasteiger charge is -2.08. The second-order valence-corrected chi connectivity index (χ2v) is 2.08.